The number of hydrogen-bond acceptors (Lipinski definition) is 4. The van der Waals surface area contributed by atoms with E-state index >= 15 is 0 Å². The largest absolute Gasteiger partial charge is 0.352 e. The highest BCUT2D eigenvalue weighted by Crippen LogP contribution is 2.17. The minimum absolute atomic E-state index is 0.0131. The third kappa shape index (κ3) is 3.66. The molecule has 1 fully saturated rings. The second-order valence-electron chi connectivity index (χ2n) is 6.99. The number of hydrogen-bond donors (Lipinski definition) is 1. The van der Waals surface area contributed by atoms with Gasteiger partial charge in [-0.15, -0.1) is 5.10 Å². The molecule has 3 aromatic rings. The molecule has 0 bridgehead atoms. The SMILES string of the molecule is O=C(Cn1nc2c(=O)n(-c3ccc(Br)cc3)ccn2c1=O)NC1CCCCC1. The molecule has 2 heterocycles. The quantitative estimate of drug-likeness (QED) is 0.663. The average Bonchev–Trinajstić information content (AvgIpc) is 3.00. The van der Waals surface area contributed by atoms with Gasteiger partial charge in [0.15, 0.2) is 0 Å². The van der Waals surface area contributed by atoms with Crippen LogP contribution in [0.3, 0.4) is 0 Å². The molecule has 1 aliphatic carbocycles. The van der Waals surface area contributed by atoms with Gasteiger partial charge in [0.1, 0.15) is 6.54 Å². The molecular weight excluding hydrogens is 426 g/mol. The zero-order chi connectivity index (χ0) is 19.7. The summed E-state index contributed by atoms with van der Waals surface area (Å²) in [5, 5.41) is 7.07. The lowest BCUT2D eigenvalue weighted by molar-refractivity contribution is -0.122. The molecule has 0 saturated heterocycles. The molecule has 1 aromatic carbocycles. The predicted molar refractivity (Wildman–Crippen MR) is 108 cm³/mol. The van der Waals surface area contributed by atoms with Crippen molar-refractivity contribution >= 4 is 27.5 Å². The Morgan fingerprint density at radius 1 is 1.11 bits per heavy atom. The van der Waals surface area contributed by atoms with Crippen LogP contribution in [0.1, 0.15) is 32.1 Å². The lowest BCUT2D eigenvalue weighted by atomic mass is 9.95. The highest BCUT2D eigenvalue weighted by atomic mass is 79.9. The number of aromatic nitrogens is 4. The number of halogens is 1. The van der Waals surface area contributed by atoms with Crippen molar-refractivity contribution in [2.75, 3.05) is 0 Å². The standard InChI is InChI=1S/C19H20BrN5O3/c20-13-6-8-15(9-7-13)23-10-11-24-17(18(23)27)22-25(19(24)28)12-16(26)21-14-4-2-1-3-5-14/h6-11,14H,1-5,12H2,(H,21,26). The van der Waals surface area contributed by atoms with Crippen molar-refractivity contribution in [1.29, 1.82) is 0 Å². The van der Waals surface area contributed by atoms with E-state index in [1.165, 1.54) is 27.8 Å². The Balaban J connectivity index is 1.62. The van der Waals surface area contributed by atoms with Gasteiger partial charge < -0.3 is 5.32 Å². The molecule has 1 amide bonds. The number of fused-ring (bicyclic) bond motifs is 1. The van der Waals surface area contributed by atoms with Gasteiger partial charge in [0.05, 0.1) is 0 Å². The van der Waals surface area contributed by atoms with Crippen molar-refractivity contribution in [2.45, 2.75) is 44.7 Å². The van der Waals surface area contributed by atoms with E-state index in [0.717, 1.165) is 34.8 Å². The summed E-state index contributed by atoms with van der Waals surface area (Å²) in [6.45, 7) is -0.200. The zero-order valence-corrected chi connectivity index (χ0v) is 16.8. The summed E-state index contributed by atoms with van der Waals surface area (Å²) in [7, 11) is 0. The second-order valence-corrected chi connectivity index (χ2v) is 7.90. The van der Waals surface area contributed by atoms with Crippen LogP contribution in [0.4, 0.5) is 0 Å². The summed E-state index contributed by atoms with van der Waals surface area (Å²) in [6, 6.07) is 7.38. The van der Waals surface area contributed by atoms with Crippen LogP contribution in [0.2, 0.25) is 0 Å². The summed E-state index contributed by atoms with van der Waals surface area (Å²) in [5.74, 6) is -0.259. The normalized spacial score (nSPS) is 15.0. The van der Waals surface area contributed by atoms with E-state index in [2.05, 4.69) is 26.3 Å². The summed E-state index contributed by atoms with van der Waals surface area (Å²) >= 11 is 3.36. The minimum atomic E-state index is -0.506. The fourth-order valence-corrected chi connectivity index (χ4v) is 3.84. The van der Waals surface area contributed by atoms with Crippen molar-refractivity contribution < 1.29 is 4.79 Å². The second kappa shape index (κ2) is 7.75. The molecule has 8 nitrogen and oxygen atoms in total. The Morgan fingerprint density at radius 2 is 1.82 bits per heavy atom. The van der Waals surface area contributed by atoms with Gasteiger partial charge >= 0.3 is 11.2 Å². The molecule has 0 spiro atoms. The maximum absolute atomic E-state index is 12.8. The highest BCUT2D eigenvalue weighted by Gasteiger charge is 2.18. The number of benzene rings is 1. The molecule has 146 valence electrons. The molecular formula is C19H20BrN5O3. The van der Waals surface area contributed by atoms with Gasteiger partial charge in [-0.1, -0.05) is 35.2 Å². The number of rotatable bonds is 4. The molecule has 0 unspecified atom stereocenters. The van der Waals surface area contributed by atoms with Gasteiger partial charge in [-0.05, 0) is 37.1 Å². The van der Waals surface area contributed by atoms with Crippen molar-refractivity contribution in [3.63, 3.8) is 0 Å². The first-order valence-corrected chi connectivity index (χ1v) is 10.1. The van der Waals surface area contributed by atoms with Crippen LogP contribution in [-0.4, -0.2) is 30.7 Å². The lowest BCUT2D eigenvalue weighted by Crippen LogP contribution is -2.40. The molecule has 4 rings (SSSR count). The molecule has 9 heteroatoms. The van der Waals surface area contributed by atoms with E-state index in [1.807, 2.05) is 12.1 Å². The first-order chi connectivity index (χ1) is 13.5. The minimum Gasteiger partial charge on any atom is -0.352 e. The van der Waals surface area contributed by atoms with Gasteiger partial charge in [-0.3, -0.25) is 14.2 Å². The van der Waals surface area contributed by atoms with Crippen LogP contribution in [0, 0.1) is 0 Å². The Morgan fingerprint density at radius 3 is 2.54 bits per heavy atom. The molecule has 0 aliphatic heterocycles. The summed E-state index contributed by atoms with van der Waals surface area (Å²) in [6.07, 6.45) is 8.35. The van der Waals surface area contributed by atoms with E-state index in [4.69, 9.17) is 0 Å². The molecule has 1 aliphatic rings. The lowest BCUT2D eigenvalue weighted by Gasteiger charge is -2.22. The molecule has 28 heavy (non-hydrogen) atoms. The van der Waals surface area contributed by atoms with E-state index in [-0.39, 0.29) is 24.1 Å². The fourth-order valence-electron chi connectivity index (χ4n) is 3.57. The molecule has 1 saturated carbocycles. The molecule has 0 radical (unpaired) electrons. The van der Waals surface area contributed by atoms with Crippen LogP contribution < -0.4 is 16.6 Å². The topological polar surface area (TPSA) is 90.4 Å². The average molecular weight is 446 g/mol. The van der Waals surface area contributed by atoms with Gasteiger partial charge in [0, 0.05) is 28.6 Å². The predicted octanol–water partition coefficient (Wildman–Crippen LogP) is 1.86. The molecule has 1 N–H and O–H groups in total. The highest BCUT2D eigenvalue weighted by molar-refractivity contribution is 9.10. The zero-order valence-electron chi connectivity index (χ0n) is 15.2. The van der Waals surface area contributed by atoms with E-state index < -0.39 is 11.2 Å². The van der Waals surface area contributed by atoms with Crippen molar-refractivity contribution in [3.05, 3.63) is 62.0 Å². The number of carbonyl (C=O) groups is 1. The van der Waals surface area contributed by atoms with Crippen LogP contribution in [0.15, 0.2) is 50.7 Å². The Kier molecular flexibility index (Phi) is 5.17. The summed E-state index contributed by atoms with van der Waals surface area (Å²) in [4.78, 5) is 37.6. The van der Waals surface area contributed by atoms with Crippen LogP contribution >= 0.6 is 15.9 Å². The van der Waals surface area contributed by atoms with Crippen LogP contribution in [0.25, 0.3) is 11.3 Å². The first-order valence-electron chi connectivity index (χ1n) is 9.29. The maximum atomic E-state index is 12.8. The van der Waals surface area contributed by atoms with Gasteiger partial charge in [0.2, 0.25) is 11.6 Å². The maximum Gasteiger partial charge on any atom is 0.351 e. The number of nitrogens with zero attached hydrogens (tertiary/aromatic N) is 4. The van der Waals surface area contributed by atoms with E-state index in [9.17, 15) is 14.4 Å². The molecule has 2 aromatic heterocycles. The third-order valence-electron chi connectivity index (χ3n) is 5.01. The Hall–Kier alpha value is -2.68. The Bertz CT molecular complexity index is 1120. The van der Waals surface area contributed by atoms with E-state index in [1.54, 1.807) is 12.1 Å². The first kappa shape index (κ1) is 18.7. The van der Waals surface area contributed by atoms with Crippen molar-refractivity contribution in [3.8, 4) is 5.69 Å². The van der Waals surface area contributed by atoms with E-state index in [0.29, 0.717) is 5.69 Å². The Labute approximate surface area is 168 Å². The van der Waals surface area contributed by atoms with Crippen LogP contribution in [0.5, 0.6) is 0 Å². The van der Waals surface area contributed by atoms with Gasteiger partial charge in [0.25, 0.3) is 0 Å². The third-order valence-corrected chi connectivity index (χ3v) is 5.54. The van der Waals surface area contributed by atoms with Crippen molar-refractivity contribution in [1.82, 2.24) is 24.1 Å². The number of nitrogens with one attached hydrogen (secondary N) is 1. The fraction of sp³-hybridized carbons (Fsp3) is 0.368. The smallest absolute Gasteiger partial charge is 0.351 e. The monoisotopic (exact) mass is 445 g/mol. The van der Waals surface area contributed by atoms with Crippen LogP contribution in [-0.2, 0) is 11.3 Å². The van der Waals surface area contributed by atoms with Gasteiger partial charge in [-0.25, -0.2) is 13.9 Å². The van der Waals surface area contributed by atoms with Crippen molar-refractivity contribution in [2.24, 2.45) is 0 Å². The number of carbonyl (C=O) groups excluding carboxylic acids is 1. The number of amides is 1. The summed E-state index contributed by atoms with van der Waals surface area (Å²) < 4.78 is 4.53. The molecule has 0 atom stereocenters. The summed E-state index contributed by atoms with van der Waals surface area (Å²) in [5.41, 5.74) is -0.282. The van der Waals surface area contributed by atoms with Gasteiger partial charge in [-0.2, -0.15) is 0 Å².